The van der Waals surface area contributed by atoms with Gasteiger partial charge in [0.15, 0.2) is 5.16 Å². The topological polar surface area (TPSA) is 67.2 Å². The van der Waals surface area contributed by atoms with Gasteiger partial charge in [0.25, 0.3) is 0 Å². The van der Waals surface area contributed by atoms with E-state index in [-0.39, 0.29) is 11.4 Å². The first-order chi connectivity index (χ1) is 10.4. The van der Waals surface area contributed by atoms with Crippen LogP contribution < -0.4 is 5.32 Å². The Morgan fingerprint density at radius 1 is 1.50 bits per heavy atom. The maximum Gasteiger partial charge on any atom is 0.230 e. The molecule has 1 amide bonds. The number of carbonyl (C=O) groups is 1. The maximum atomic E-state index is 11.9. The molecular formula is C16H27N3O2S. The highest BCUT2D eigenvalue weighted by molar-refractivity contribution is 7.99. The molecule has 1 aliphatic rings. The molecule has 0 spiro atoms. The van der Waals surface area contributed by atoms with Gasteiger partial charge in [-0.25, -0.2) is 4.98 Å². The molecule has 0 aromatic carbocycles. The zero-order valence-corrected chi connectivity index (χ0v) is 14.5. The number of carbonyl (C=O) groups excluding carboxylic acids is 1. The van der Waals surface area contributed by atoms with Gasteiger partial charge in [-0.3, -0.25) is 4.79 Å². The van der Waals surface area contributed by atoms with Crippen LogP contribution in [-0.2, 0) is 10.3 Å². The molecule has 1 saturated carbocycles. The number of aliphatic hydroxyl groups excluding tert-OH is 1. The fraction of sp³-hybridized carbons (Fsp3) is 0.750. The third-order valence-electron chi connectivity index (χ3n) is 4.11. The second-order valence-electron chi connectivity index (χ2n) is 6.96. The summed E-state index contributed by atoms with van der Waals surface area (Å²) in [5, 5.41) is 13.7. The molecule has 1 heterocycles. The molecule has 1 aromatic heterocycles. The van der Waals surface area contributed by atoms with Crippen LogP contribution in [0.2, 0.25) is 0 Å². The Morgan fingerprint density at radius 3 is 2.82 bits per heavy atom. The average Bonchev–Trinajstić information content (AvgIpc) is 3.11. The molecule has 1 fully saturated rings. The molecule has 0 saturated heterocycles. The summed E-state index contributed by atoms with van der Waals surface area (Å²) < 4.78 is 2.07. The molecule has 22 heavy (non-hydrogen) atoms. The highest BCUT2D eigenvalue weighted by Gasteiger charge is 2.23. The molecule has 0 aliphatic heterocycles. The third kappa shape index (κ3) is 4.74. The van der Waals surface area contributed by atoms with Gasteiger partial charge in [0.2, 0.25) is 5.91 Å². The van der Waals surface area contributed by atoms with Crippen LogP contribution in [0, 0.1) is 5.92 Å². The van der Waals surface area contributed by atoms with E-state index in [1.807, 2.05) is 6.20 Å². The van der Waals surface area contributed by atoms with Crippen molar-refractivity contribution in [1.82, 2.24) is 14.9 Å². The Morgan fingerprint density at radius 2 is 2.18 bits per heavy atom. The number of amides is 1. The SMILES string of the molecule is CC(C)(C)n1ccnc1SCC(=O)NCC(O)C1CCCC1. The van der Waals surface area contributed by atoms with Crippen molar-refractivity contribution in [3.05, 3.63) is 12.4 Å². The number of aliphatic hydroxyl groups is 1. The normalized spacial score (nSPS) is 17.6. The van der Waals surface area contributed by atoms with Crippen LogP contribution in [0.4, 0.5) is 0 Å². The van der Waals surface area contributed by atoms with Crippen LogP contribution in [0.15, 0.2) is 17.6 Å². The number of imidazole rings is 1. The van der Waals surface area contributed by atoms with Crippen molar-refractivity contribution in [2.75, 3.05) is 12.3 Å². The van der Waals surface area contributed by atoms with Crippen LogP contribution in [0.5, 0.6) is 0 Å². The Hall–Kier alpha value is -1.01. The Kier molecular flexibility index (Phi) is 5.92. The van der Waals surface area contributed by atoms with Crippen LogP contribution >= 0.6 is 11.8 Å². The Labute approximate surface area is 136 Å². The smallest absolute Gasteiger partial charge is 0.230 e. The maximum absolute atomic E-state index is 11.9. The van der Waals surface area contributed by atoms with Gasteiger partial charge in [-0.05, 0) is 39.5 Å². The summed E-state index contributed by atoms with van der Waals surface area (Å²) in [6.07, 6.45) is 7.83. The first kappa shape index (κ1) is 17.3. The van der Waals surface area contributed by atoms with Crippen molar-refractivity contribution in [1.29, 1.82) is 0 Å². The third-order valence-corrected chi connectivity index (χ3v) is 5.08. The first-order valence-corrected chi connectivity index (χ1v) is 8.98. The molecule has 1 aromatic rings. The van der Waals surface area contributed by atoms with Gasteiger partial charge in [-0.15, -0.1) is 0 Å². The minimum absolute atomic E-state index is 0.0476. The fourth-order valence-corrected chi connectivity index (χ4v) is 3.79. The van der Waals surface area contributed by atoms with Gasteiger partial charge in [0.05, 0.1) is 11.9 Å². The molecule has 1 unspecified atom stereocenters. The first-order valence-electron chi connectivity index (χ1n) is 7.99. The minimum atomic E-state index is -0.409. The second-order valence-corrected chi connectivity index (χ2v) is 7.90. The number of aromatic nitrogens is 2. The highest BCUT2D eigenvalue weighted by atomic mass is 32.2. The van der Waals surface area contributed by atoms with Gasteiger partial charge >= 0.3 is 0 Å². The second kappa shape index (κ2) is 7.51. The predicted molar refractivity (Wildman–Crippen MR) is 88.9 cm³/mol. The summed E-state index contributed by atoms with van der Waals surface area (Å²) in [4.78, 5) is 16.2. The lowest BCUT2D eigenvalue weighted by molar-refractivity contribution is -0.119. The van der Waals surface area contributed by atoms with Crippen molar-refractivity contribution in [2.24, 2.45) is 5.92 Å². The van der Waals surface area contributed by atoms with E-state index >= 15 is 0 Å². The van der Waals surface area contributed by atoms with Crippen LogP contribution in [0.3, 0.4) is 0 Å². The molecule has 1 atom stereocenters. The van der Waals surface area contributed by atoms with Crippen molar-refractivity contribution in [3.8, 4) is 0 Å². The summed E-state index contributed by atoms with van der Waals surface area (Å²) in [6, 6.07) is 0. The van der Waals surface area contributed by atoms with Gasteiger partial charge < -0.3 is 15.0 Å². The van der Waals surface area contributed by atoms with E-state index in [0.717, 1.165) is 18.0 Å². The fourth-order valence-electron chi connectivity index (χ4n) is 2.82. The molecule has 0 bridgehead atoms. The quantitative estimate of drug-likeness (QED) is 0.788. The zero-order chi connectivity index (χ0) is 16.2. The van der Waals surface area contributed by atoms with E-state index in [2.05, 4.69) is 35.6 Å². The van der Waals surface area contributed by atoms with Gasteiger partial charge in [0.1, 0.15) is 0 Å². The van der Waals surface area contributed by atoms with E-state index in [9.17, 15) is 9.90 Å². The Bertz CT molecular complexity index is 490. The number of nitrogens with one attached hydrogen (secondary N) is 1. The van der Waals surface area contributed by atoms with E-state index in [0.29, 0.717) is 18.2 Å². The summed E-state index contributed by atoms with van der Waals surface area (Å²) in [6.45, 7) is 6.68. The van der Waals surface area contributed by atoms with E-state index < -0.39 is 6.10 Å². The van der Waals surface area contributed by atoms with Crippen LogP contribution in [-0.4, -0.2) is 39.0 Å². The summed E-state index contributed by atoms with van der Waals surface area (Å²) in [5.41, 5.74) is -0.0476. The highest BCUT2D eigenvalue weighted by Crippen LogP contribution is 2.27. The average molecular weight is 325 g/mol. The summed E-state index contributed by atoms with van der Waals surface area (Å²) in [7, 11) is 0. The van der Waals surface area contributed by atoms with Crippen molar-refractivity contribution in [3.63, 3.8) is 0 Å². The predicted octanol–water partition coefficient (Wildman–Crippen LogP) is 2.40. The number of hydrogen-bond acceptors (Lipinski definition) is 4. The lowest BCUT2D eigenvalue weighted by Gasteiger charge is -2.23. The number of nitrogens with zero attached hydrogens (tertiary/aromatic N) is 2. The number of hydrogen-bond donors (Lipinski definition) is 2. The van der Waals surface area contributed by atoms with E-state index in [1.165, 1.54) is 24.6 Å². The van der Waals surface area contributed by atoms with E-state index in [1.54, 1.807) is 6.20 Å². The molecule has 6 heteroatoms. The number of rotatable bonds is 6. The van der Waals surface area contributed by atoms with Gasteiger partial charge in [-0.1, -0.05) is 24.6 Å². The zero-order valence-electron chi connectivity index (χ0n) is 13.7. The molecule has 2 rings (SSSR count). The standard InChI is InChI=1S/C16H27N3O2S/c1-16(2,3)19-9-8-17-15(19)22-11-14(21)18-10-13(20)12-6-4-5-7-12/h8-9,12-13,20H,4-7,10-11H2,1-3H3,(H,18,21). The van der Waals surface area contributed by atoms with Crippen LogP contribution in [0.25, 0.3) is 0 Å². The lowest BCUT2D eigenvalue weighted by Crippen LogP contribution is -2.36. The molecular weight excluding hydrogens is 298 g/mol. The summed E-state index contributed by atoms with van der Waals surface area (Å²) in [5.74, 6) is 0.628. The minimum Gasteiger partial charge on any atom is -0.391 e. The molecule has 2 N–H and O–H groups in total. The molecule has 0 radical (unpaired) electrons. The Balaban J connectivity index is 1.75. The van der Waals surface area contributed by atoms with Gasteiger partial charge in [-0.2, -0.15) is 0 Å². The van der Waals surface area contributed by atoms with Crippen molar-refractivity contribution in [2.45, 2.75) is 63.3 Å². The number of thioether (sulfide) groups is 1. The van der Waals surface area contributed by atoms with Crippen molar-refractivity contribution < 1.29 is 9.90 Å². The lowest BCUT2D eigenvalue weighted by atomic mass is 10.0. The van der Waals surface area contributed by atoms with Crippen molar-refractivity contribution >= 4 is 17.7 Å². The molecule has 5 nitrogen and oxygen atoms in total. The van der Waals surface area contributed by atoms with Gasteiger partial charge in [0, 0.05) is 24.5 Å². The van der Waals surface area contributed by atoms with E-state index in [4.69, 9.17) is 0 Å². The molecule has 124 valence electrons. The monoisotopic (exact) mass is 325 g/mol. The summed E-state index contributed by atoms with van der Waals surface area (Å²) >= 11 is 1.43. The molecule has 1 aliphatic carbocycles. The largest absolute Gasteiger partial charge is 0.391 e. The van der Waals surface area contributed by atoms with Crippen LogP contribution in [0.1, 0.15) is 46.5 Å².